The Hall–Kier alpha value is -3.09. The molecule has 0 atom stereocenters. The van der Waals surface area contributed by atoms with E-state index < -0.39 is 12.1 Å². The molecule has 0 aliphatic heterocycles. The lowest BCUT2D eigenvalue weighted by Crippen LogP contribution is -2.19. The Morgan fingerprint density at radius 1 is 1.36 bits per heavy atom. The molecule has 1 aromatic heterocycles. The summed E-state index contributed by atoms with van der Waals surface area (Å²) in [6.45, 7) is 3.79. The Morgan fingerprint density at radius 2 is 2.09 bits per heavy atom. The van der Waals surface area contributed by atoms with Crippen molar-refractivity contribution in [1.82, 2.24) is 9.78 Å². The lowest BCUT2D eigenvalue weighted by molar-refractivity contribution is 0.0698. The highest BCUT2D eigenvalue weighted by Gasteiger charge is 2.19. The van der Waals surface area contributed by atoms with E-state index in [1.54, 1.807) is 0 Å². The molecule has 2 aromatic rings. The monoisotopic (exact) mass is 301 g/mol. The summed E-state index contributed by atoms with van der Waals surface area (Å²) in [6.07, 6.45) is 1.84. The second kappa shape index (κ2) is 7.07. The zero-order chi connectivity index (χ0) is 15.9. The van der Waals surface area contributed by atoms with Gasteiger partial charge in [-0.2, -0.15) is 5.10 Å². The Labute approximate surface area is 126 Å². The van der Waals surface area contributed by atoms with E-state index in [0.717, 1.165) is 5.56 Å². The molecule has 1 amide bonds. The maximum absolute atomic E-state index is 11.6. The number of benzene rings is 1. The van der Waals surface area contributed by atoms with E-state index in [4.69, 9.17) is 4.74 Å². The van der Waals surface area contributed by atoms with Gasteiger partial charge in [-0.25, -0.2) is 14.3 Å². The van der Waals surface area contributed by atoms with Crippen LogP contribution in [0.1, 0.15) is 15.9 Å². The van der Waals surface area contributed by atoms with Crippen molar-refractivity contribution in [1.29, 1.82) is 0 Å². The highest BCUT2D eigenvalue weighted by atomic mass is 16.5. The Bertz CT molecular complexity index is 679. The summed E-state index contributed by atoms with van der Waals surface area (Å²) in [4.78, 5) is 22.9. The number of aromatic carboxylic acids is 1. The smallest absolute Gasteiger partial charge is 0.413 e. The molecule has 0 unspecified atom stereocenters. The van der Waals surface area contributed by atoms with Crippen molar-refractivity contribution in [3.8, 4) is 0 Å². The predicted molar refractivity (Wildman–Crippen MR) is 79.9 cm³/mol. The number of ether oxygens (including phenoxy) is 1. The van der Waals surface area contributed by atoms with Crippen molar-refractivity contribution < 1.29 is 19.4 Å². The van der Waals surface area contributed by atoms with Gasteiger partial charge in [-0.05, 0) is 5.56 Å². The molecule has 0 fully saturated rings. The van der Waals surface area contributed by atoms with Gasteiger partial charge in [0.2, 0.25) is 0 Å². The van der Waals surface area contributed by atoms with Crippen LogP contribution in [0.25, 0.3) is 0 Å². The van der Waals surface area contributed by atoms with Crippen molar-refractivity contribution in [2.24, 2.45) is 0 Å². The molecule has 22 heavy (non-hydrogen) atoms. The number of hydrogen-bond acceptors (Lipinski definition) is 4. The van der Waals surface area contributed by atoms with Crippen LogP contribution in [0, 0.1) is 0 Å². The average Bonchev–Trinajstić information content (AvgIpc) is 2.89. The van der Waals surface area contributed by atoms with Gasteiger partial charge in [0, 0.05) is 0 Å². The molecule has 0 spiro atoms. The first kappa shape index (κ1) is 15.3. The summed E-state index contributed by atoms with van der Waals surface area (Å²) in [5.41, 5.74) is 0.816. The standard InChI is InChI=1S/C15H15N3O4/c1-2-8-22-15(21)17-13-12(14(19)20)9-16-18(13)10-11-6-4-3-5-7-11/h2-7,9H,1,8,10H2,(H,17,21)(H,19,20). The van der Waals surface area contributed by atoms with Gasteiger partial charge in [0.25, 0.3) is 0 Å². The predicted octanol–water partition coefficient (Wildman–Crippen LogP) is 2.36. The molecule has 0 aliphatic carbocycles. The number of nitrogens with one attached hydrogen (secondary N) is 1. The van der Waals surface area contributed by atoms with Gasteiger partial charge in [0.05, 0.1) is 12.7 Å². The van der Waals surface area contributed by atoms with Gasteiger partial charge >= 0.3 is 12.1 Å². The van der Waals surface area contributed by atoms with E-state index in [2.05, 4.69) is 17.0 Å². The SMILES string of the molecule is C=CCOC(=O)Nc1c(C(=O)O)cnn1Cc1ccccc1. The Kier molecular flexibility index (Phi) is 4.92. The number of aromatic nitrogens is 2. The van der Waals surface area contributed by atoms with Crippen LogP contribution in [-0.2, 0) is 11.3 Å². The first-order valence-corrected chi connectivity index (χ1v) is 6.49. The number of carbonyl (C=O) groups is 2. The molecular weight excluding hydrogens is 286 g/mol. The van der Waals surface area contributed by atoms with Crippen LogP contribution in [0.15, 0.2) is 49.2 Å². The van der Waals surface area contributed by atoms with Crippen LogP contribution in [-0.4, -0.2) is 33.6 Å². The molecule has 2 rings (SSSR count). The molecule has 0 saturated carbocycles. The number of hydrogen-bond donors (Lipinski definition) is 2. The average molecular weight is 301 g/mol. The molecule has 2 N–H and O–H groups in total. The minimum Gasteiger partial charge on any atom is -0.477 e. The van der Waals surface area contributed by atoms with Crippen molar-refractivity contribution >= 4 is 17.9 Å². The fourth-order valence-corrected chi connectivity index (χ4v) is 1.82. The number of rotatable bonds is 6. The van der Waals surface area contributed by atoms with Crippen LogP contribution in [0.5, 0.6) is 0 Å². The summed E-state index contributed by atoms with van der Waals surface area (Å²) >= 11 is 0. The number of nitrogens with zero attached hydrogens (tertiary/aromatic N) is 2. The molecule has 0 bridgehead atoms. The van der Waals surface area contributed by atoms with Crippen LogP contribution in [0.4, 0.5) is 10.6 Å². The van der Waals surface area contributed by atoms with Crippen molar-refractivity contribution in [3.05, 3.63) is 60.3 Å². The van der Waals surface area contributed by atoms with Crippen LogP contribution < -0.4 is 5.32 Å². The van der Waals surface area contributed by atoms with Crippen LogP contribution in [0.2, 0.25) is 0 Å². The summed E-state index contributed by atoms with van der Waals surface area (Å²) < 4.78 is 6.20. The lowest BCUT2D eigenvalue weighted by Gasteiger charge is -2.10. The molecule has 0 saturated heterocycles. The summed E-state index contributed by atoms with van der Waals surface area (Å²) in [5, 5.41) is 15.6. The van der Waals surface area contributed by atoms with Gasteiger partial charge < -0.3 is 9.84 Å². The van der Waals surface area contributed by atoms with E-state index in [1.165, 1.54) is 17.0 Å². The van der Waals surface area contributed by atoms with Crippen LogP contribution >= 0.6 is 0 Å². The van der Waals surface area contributed by atoms with Crippen LogP contribution in [0.3, 0.4) is 0 Å². The fraction of sp³-hybridized carbons (Fsp3) is 0.133. The van der Waals surface area contributed by atoms with Gasteiger partial charge in [0.1, 0.15) is 18.0 Å². The zero-order valence-corrected chi connectivity index (χ0v) is 11.7. The quantitative estimate of drug-likeness (QED) is 0.799. The molecule has 114 valence electrons. The highest BCUT2D eigenvalue weighted by Crippen LogP contribution is 2.17. The minimum atomic E-state index is -1.18. The van der Waals surface area contributed by atoms with E-state index in [-0.39, 0.29) is 18.0 Å². The molecule has 7 nitrogen and oxygen atoms in total. The second-order valence-electron chi connectivity index (χ2n) is 4.37. The van der Waals surface area contributed by atoms with E-state index in [1.807, 2.05) is 30.3 Å². The number of carboxylic acid groups (broad SMARTS) is 1. The maximum Gasteiger partial charge on any atom is 0.413 e. The van der Waals surface area contributed by atoms with Gasteiger partial charge in [-0.3, -0.25) is 5.32 Å². The van der Waals surface area contributed by atoms with Crippen molar-refractivity contribution in [2.75, 3.05) is 11.9 Å². The van der Waals surface area contributed by atoms with Crippen molar-refractivity contribution in [3.63, 3.8) is 0 Å². The number of amides is 1. The summed E-state index contributed by atoms with van der Waals surface area (Å²) in [5.74, 6) is -1.11. The van der Waals surface area contributed by atoms with E-state index in [0.29, 0.717) is 6.54 Å². The highest BCUT2D eigenvalue weighted by molar-refractivity contribution is 5.97. The zero-order valence-electron chi connectivity index (χ0n) is 11.7. The minimum absolute atomic E-state index is 0.0288. The van der Waals surface area contributed by atoms with E-state index in [9.17, 15) is 14.7 Å². The Morgan fingerprint density at radius 3 is 2.73 bits per heavy atom. The third kappa shape index (κ3) is 3.72. The molecular formula is C15H15N3O4. The first-order valence-electron chi connectivity index (χ1n) is 6.49. The summed E-state index contributed by atoms with van der Waals surface area (Å²) in [6, 6.07) is 9.36. The number of carbonyl (C=O) groups excluding carboxylic acids is 1. The normalized spacial score (nSPS) is 10.0. The molecule has 0 aliphatic rings. The third-order valence-corrected chi connectivity index (χ3v) is 2.80. The number of anilines is 1. The van der Waals surface area contributed by atoms with E-state index >= 15 is 0 Å². The molecule has 0 radical (unpaired) electrons. The van der Waals surface area contributed by atoms with Crippen molar-refractivity contribution in [2.45, 2.75) is 6.54 Å². The molecule has 7 heteroatoms. The Balaban J connectivity index is 2.24. The topological polar surface area (TPSA) is 93.4 Å². The van der Waals surface area contributed by atoms with Gasteiger partial charge in [-0.1, -0.05) is 43.0 Å². The second-order valence-corrected chi connectivity index (χ2v) is 4.37. The third-order valence-electron chi connectivity index (χ3n) is 2.80. The maximum atomic E-state index is 11.6. The first-order chi connectivity index (χ1) is 10.6. The fourth-order valence-electron chi connectivity index (χ4n) is 1.82. The number of carboxylic acids is 1. The largest absolute Gasteiger partial charge is 0.477 e. The molecule has 1 aromatic carbocycles. The lowest BCUT2D eigenvalue weighted by atomic mass is 10.2. The molecule has 1 heterocycles. The van der Waals surface area contributed by atoms with Gasteiger partial charge in [0.15, 0.2) is 0 Å². The van der Waals surface area contributed by atoms with Gasteiger partial charge in [-0.15, -0.1) is 0 Å². The summed E-state index contributed by atoms with van der Waals surface area (Å²) in [7, 11) is 0.